The maximum Gasteiger partial charge on any atom is 2.00 e. The van der Waals surface area contributed by atoms with Crippen LogP contribution in [0.5, 0.6) is 0 Å². The van der Waals surface area contributed by atoms with E-state index in [4.69, 9.17) is 9.97 Å². The Kier molecular flexibility index (Phi) is 8.54. The fourth-order valence-electron chi connectivity index (χ4n) is 4.82. The van der Waals surface area contributed by atoms with Gasteiger partial charge in [-0.2, -0.15) is 0 Å². The summed E-state index contributed by atoms with van der Waals surface area (Å²) in [5.41, 5.74) is 6.39. The Morgan fingerprint density at radius 1 is 0.829 bits per heavy atom. The third kappa shape index (κ3) is 5.84. The van der Waals surface area contributed by atoms with Gasteiger partial charge in [0.15, 0.2) is 0 Å². The van der Waals surface area contributed by atoms with Crippen LogP contribution in [-0.4, -0.2) is 14.5 Å². The van der Waals surface area contributed by atoms with Crippen LogP contribution in [-0.2, 0) is 39.9 Å². The number of aryl methyl sites for hydroxylation is 1. The van der Waals surface area contributed by atoms with E-state index in [-0.39, 0.29) is 31.9 Å². The van der Waals surface area contributed by atoms with Crippen molar-refractivity contribution in [3.63, 3.8) is 0 Å². The number of pyridine rings is 1. The van der Waals surface area contributed by atoms with Gasteiger partial charge < -0.3 is 9.55 Å². The first-order chi connectivity index (χ1) is 16.3. The minimum absolute atomic E-state index is 0. The van der Waals surface area contributed by atoms with Crippen LogP contribution in [0.3, 0.4) is 0 Å². The van der Waals surface area contributed by atoms with Gasteiger partial charge in [-0.25, -0.2) is 0 Å². The van der Waals surface area contributed by atoms with Gasteiger partial charge in [0, 0.05) is 18.9 Å². The molecule has 2 heterocycles. The number of hydrogen-bond acceptors (Lipinski definition) is 2. The molecule has 0 saturated carbocycles. The van der Waals surface area contributed by atoms with E-state index in [9.17, 15) is 0 Å². The molecule has 0 amide bonds. The second-order valence-electron chi connectivity index (χ2n) is 10.4. The maximum absolute atomic E-state index is 5.25. The molecule has 0 spiro atoms. The molecule has 0 atom stereocenters. The molecule has 0 aliphatic carbocycles. The molecule has 4 heteroatoms. The Morgan fingerprint density at radius 3 is 2.00 bits per heavy atom. The fourth-order valence-corrected chi connectivity index (χ4v) is 4.82. The number of benzene rings is 2. The van der Waals surface area contributed by atoms with Gasteiger partial charge in [-0.1, -0.05) is 46.2 Å². The SMILES string of the molecule is CCC(CC)(c1cc(CC(C)(C)C)cc(-c2[c-]cccc2)n1)c1cn(C)c(-c2[c-]cccc2)n1.[Pt+2]. The molecule has 0 aliphatic rings. The van der Waals surface area contributed by atoms with Crippen molar-refractivity contribution in [2.24, 2.45) is 12.5 Å². The first-order valence-electron chi connectivity index (χ1n) is 12.2. The van der Waals surface area contributed by atoms with Gasteiger partial charge in [0.1, 0.15) is 0 Å². The average Bonchev–Trinajstić information content (AvgIpc) is 3.22. The monoisotopic (exact) mass is 644 g/mol. The predicted octanol–water partition coefficient (Wildman–Crippen LogP) is 7.44. The maximum atomic E-state index is 5.25. The van der Waals surface area contributed by atoms with Gasteiger partial charge in [0.05, 0.1) is 16.9 Å². The van der Waals surface area contributed by atoms with E-state index in [1.54, 1.807) is 0 Å². The molecule has 0 fully saturated rings. The van der Waals surface area contributed by atoms with Crippen molar-refractivity contribution < 1.29 is 21.1 Å². The molecule has 0 radical (unpaired) electrons. The van der Waals surface area contributed by atoms with E-state index in [2.05, 4.69) is 94.9 Å². The van der Waals surface area contributed by atoms with Gasteiger partial charge >= 0.3 is 21.1 Å². The van der Waals surface area contributed by atoms with E-state index in [0.29, 0.717) is 0 Å². The van der Waals surface area contributed by atoms with Crippen LogP contribution in [0.1, 0.15) is 64.4 Å². The van der Waals surface area contributed by atoms with E-state index >= 15 is 0 Å². The molecule has 35 heavy (non-hydrogen) atoms. The van der Waals surface area contributed by atoms with Crippen LogP contribution in [0.4, 0.5) is 0 Å². The summed E-state index contributed by atoms with van der Waals surface area (Å²) in [5, 5.41) is 0. The van der Waals surface area contributed by atoms with E-state index < -0.39 is 0 Å². The van der Waals surface area contributed by atoms with Crippen molar-refractivity contribution >= 4 is 0 Å². The smallest absolute Gasteiger partial charge is 0.373 e. The van der Waals surface area contributed by atoms with Gasteiger partial charge in [0.25, 0.3) is 0 Å². The zero-order valence-electron chi connectivity index (χ0n) is 21.6. The van der Waals surface area contributed by atoms with Crippen molar-refractivity contribution in [1.29, 1.82) is 0 Å². The Balaban J connectivity index is 0.00000342. The second-order valence-corrected chi connectivity index (χ2v) is 10.4. The standard InChI is InChI=1S/C31H35N3.Pt/c1-7-31(8-2,28-22-34(6)29(33-28)25-17-13-10-14-18-25)27-20-23(21-30(3,4)5)19-26(32-27)24-15-11-9-12-16-24;/h9-15,17,19-20,22H,7-8,21H2,1-6H3;/q-2;+2. The number of nitrogens with zero attached hydrogens (tertiary/aromatic N) is 3. The zero-order chi connectivity index (χ0) is 24.3. The predicted molar refractivity (Wildman–Crippen MR) is 141 cm³/mol. The molecule has 4 aromatic rings. The van der Waals surface area contributed by atoms with Crippen LogP contribution in [0.2, 0.25) is 0 Å². The summed E-state index contributed by atoms with van der Waals surface area (Å²) in [4.78, 5) is 10.4. The van der Waals surface area contributed by atoms with Gasteiger partial charge in [-0.15, -0.1) is 71.8 Å². The van der Waals surface area contributed by atoms with Crippen molar-refractivity contribution in [1.82, 2.24) is 14.5 Å². The van der Waals surface area contributed by atoms with Gasteiger partial charge in [0.2, 0.25) is 0 Å². The largest absolute Gasteiger partial charge is 2.00 e. The van der Waals surface area contributed by atoms with Crippen molar-refractivity contribution in [2.45, 2.75) is 59.3 Å². The summed E-state index contributed by atoms with van der Waals surface area (Å²) < 4.78 is 2.12. The van der Waals surface area contributed by atoms with Crippen molar-refractivity contribution in [2.75, 3.05) is 0 Å². The topological polar surface area (TPSA) is 30.7 Å². The Labute approximate surface area is 225 Å². The first-order valence-corrected chi connectivity index (χ1v) is 12.2. The summed E-state index contributed by atoms with van der Waals surface area (Å²) in [6.07, 6.45) is 5.00. The van der Waals surface area contributed by atoms with Crippen LogP contribution < -0.4 is 0 Å². The molecule has 0 N–H and O–H groups in total. The van der Waals surface area contributed by atoms with Crippen LogP contribution >= 0.6 is 0 Å². The summed E-state index contributed by atoms with van der Waals surface area (Å²) in [5.74, 6) is 0.935. The molecule has 2 aromatic carbocycles. The quantitative estimate of drug-likeness (QED) is 0.196. The van der Waals surface area contributed by atoms with E-state index in [1.165, 1.54) is 5.56 Å². The van der Waals surface area contributed by atoms with E-state index in [0.717, 1.165) is 53.3 Å². The van der Waals surface area contributed by atoms with Crippen LogP contribution in [0.25, 0.3) is 22.6 Å². The van der Waals surface area contributed by atoms with Crippen LogP contribution in [0.15, 0.2) is 66.9 Å². The summed E-state index contributed by atoms with van der Waals surface area (Å²) in [6.45, 7) is 11.4. The summed E-state index contributed by atoms with van der Waals surface area (Å²) >= 11 is 0. The minimum Gasteiger partial charge on any atom is -0.373 e. The average molecular weight is 645 g/mol. The number of imidazole rings is 1. The Morgan fingerprint density at radius 2 is 1.46 bits per heavy atom. The van der Waals surface area contributed by atoms with Crippen LogP contribution in [0, 0.1) is 17.5 Å². The number of rotatable bonds is 7. The zero-order valence-corrected chi connectivity index (χ0v) is 23.9. The minimum atomic E-state index is -0.276. The number of aromatic nitrogens is 3. The third-order valence-corrected chi connectivity index (χ3v) is 6.62. The molecule has 0 saturated heterocycles. The molecule has 0 unspecified atom stereocenters. The molecule has 4 rings (SSSR count). The molecular weight excluding hydrogens is 609 g/mol. The Hall–Kier alpha value is -2.51. The third-order valence-electron chi connectivity index (χ3n) is 6.62. The van der Waals surface area contributed by atoms with Gasteiger partial charge in [-0.3, -0.25) is 4.98 Å². The van der Waals surface area contributed by atoms with E-state index in [1.807, 2.05) is 30.3 Å². The molecular formula is C31H35N3Pt. The Bertz CT molecular complexity index is 1230. The van der Waals surface area contributed by atoms with Crippen molar-refractivity contribution in [3.8, 4) is 22.6 Å². The summed E-state index contributed by atoms with van der Waals surface area (Å²) in [7, 11) is 2.07. The van der Waals surface area contributed by atoms with Gasteiger partial charge in [-0.05, 0) is 36.4 Å². The molecule has 2 aromatic heterocycles. The summed E-state index contributed by atoms with van der Waals surface area (Å²) in [6, 6.07) is 27.4. The normalized spacial score (nSPS) is 11.8. The molecule has 3 nitrogen and oxygen atoms in total. The molecule has 0 aliphatic heterocycles. The number of hydrogen-bond donors (Lipinski definition) is 0. The first kappa shape index (κ1) is 27.1. The molecule has 184 valence electrons. The second kappa shape index (κ2) is 11.0. The van der Waals surface area contributed by atoms with Crippen molar-refractivity contribution in [3.05, 3.63) is 95.9 Å². The molecule has 0 bridgehead atoms. The fraction of sp³-hybridized carbons (Fsp3) is 0.355.